The van der Waals surface area contributed by atoms with Crippen LogP contribution in [0.15, 0.2) is 23.1 Å². The molecule has 1 aliphatic rings. The van der Waals surface area contributed by atoms with Crippen molar-refractivity contribution in [2.75, 3.05) is 33.4 Å². The van der Waals surface area contributed by atoms with E-state index in [9.17, 15) is 13.2 Å². The number of hydrogen-bond acceptors (Lipinski definition) is 7. The van der Waals surface area contributed by atoms with Crippen molar-refractivity contribution in [1.82, 2.24) is 4.31 Å². The molecule has 1 aromatic carbocycles. The van der Waals surface area contributed by atoms with E-state index in [1.54, 1.807) is 6.07 Å². The molecular formula is C15H18N2O6S. The van der Waals surface area contributed by atoms with Crippen LogP contribution < -0.4 is 4.74 Å². The van der Waals surface area contributed by atoms with Crippen molar-refractivity contribution in [3.63, 3.8) is 0 Å². The second-order valence-electron chi connectivity index (χ2n) is 5.06. The molecule has 0 aromatic heterocycles. The van der Waals surface area contributed by atoms with Crippen LogP contribution in [0.2, 0.25) is 0 Å². The number of nitriles is 1. The molecule has 1 aliphatic heterocycles. The Morgan fingerprint density at radius 3 is 2.62 bits per heavy atom. The largest absolute Gasteiger partial charge is 0.495 e. The van der Waals surface area contributed by atoms with Gasteiger partial charge in [0.15, 0.2) is 6.10 Å². The van der Waals surface area contributed by atoms with Crippen LogP contribution in [-0.2, 0) is 19.5 Å². The van der Waals surface area contributed by atoms with Gasteiger partial charge in [0.05, 0.1) is 25.9 Å². The topological polar surface area (TPSA) is 106 Å². The van der Waals surface area contributed by atoms with Crippen LogP contribution in [-0.4, -0.2) is 58.2 Å². The Labute approximate surface area is 140 Å². The van der Waals surface area contributed by atoms with Gasteiger partial charge in [0, 0.05) is 13.1 Å². The van der Waals surface area contributed by atoms with Gasteiger partial charge in [0.25, 0.3) is 0 Å². The molecule has 0 amide bonds. The first kappa shape index (κ1) is 18.2. The fraction of sp³-hybridized carbons (Fsp3) is 0.467. The number of rotatable bonds is 5. The lowest BCUT2D eigenvalue weighted by atomic mass is 10.2. The second kappa shape index (κ2) is 7.61. The molecule has 1 fully saturated rings. The van der Waals surface area contributed by atoms with E-state index in [1.807, 2.05) is 0 Å². The summed E-state index contributed by atoms with van der Waals surface area (Å²) >= 11 is 0. The second-order valence-corrected chi connectivity index (χ2v) is 6.97. The summed E-state index contributed by atoms with van der Waals surface area (Å²) < 4.78 is 42.1. The predicted molar refractivity (Wildman–Crippen MR) is 83.1 cm³/mol. The summed E-state index contributed by atoms with van der Waals surface area (Å²) in [6.07, 6.45) is -0.932. The van der Waals surface area contributed by atoms with Gasteiger partial charge in [-0.05, 0) is 25.1 Å². The van der Waals surface area contributed by atoms with Crippen LogP contribution in [0, 0.1) is 11.3 Å². The summed E-state index contributed by atoms with van der Waals surface area (Å²) in [7, 11) is -2.49. The van der Waals surface area contributed by atoms with E-state index in [0.717, 1.165) is 0 Å². The van der Waals surface area contributed by atoms with Crippen LogP contribution in [0.3, 0.4) is 0 Å². The minimum Gasteiger partial charge on any atom is -0.495 e. The quantitative estimate of drug-likeness (QED) is 0.720. The molecule has 1 saturated heterocycles. The van der Waals surface area contributed by atoms with Gasteiger partial charge in [0.2, 0.25) is 10.0 Å². The van der Waals surface area contributed by atoms with E-state index in [0.29, 0.717) is 13.2 Å². The number of sulfonamides is 1. The maximum atomic E-state index is 12.8. The highest BCUT2D eigenvalue weighted by Gasteiger charge is 2.30. The van der Waals surface area contributed by atoms with Gasteiger partial charge in [-0.3, -0.25) is 0 Å². The molecule has 0 spiro atoms. The van der Waals surface area contributed by atoms with Crippen molar-refractivity contribution in [3.8, 4) is 11.8 Å². The van der Waals surface area contributed by atoms with Gasteiger partial charge >= 0.3 is 5.97 Å². The van der Waals surface area contributed by atoms with Gasteiger partial charge in [-0.2, -0.15) is 9.57 Å². The van der Waals surface area contributed by atoms with Crippen LogP contribution in [0.25, 0.3) is 0 Å². The lowest BCUT2D eigenvalue weighted by Gasteiger charge is -2.26. The number of morpholine rings is 1. The Hall–Kier alpha value is -2.15. The van der Waals surface area contributed by atoms with Crippen molar-refractivity contribution in [2.24, 2.45) is 0 Å². The molecule has 1 atom stereocenters. The Morgan fingerprint density at radius 1 is 1.38 bits per heavy atom. The smallest absolute Gasteiger partial charge is 0.339 e. The monoisotopic (exact) mass is 354 g/mol. The molecule has 1 heterocycles. The van der Waals surface area contributed by atoms with E-state index in [4.69, 9.17) is 19.5 Å². The van der Waals surface area contributed by atoms with Crippen LogP contribution in [0.4, 0.5) is 0 Å². The molecule has 0 saturated carbocycles. The first-order chi connectivity index (χ1) is 11.4. The summed E-state index contributed by atoms with van der Waals surface area (Å²) in [6.45, 7) is 2.50. The molecular weight excluding hydrogens is 336 g/mol. The fourth-order valence-corrected chi connectivity index (χ4v) is 3.78. The molecule has 1 aromatic rings. The molecule has 0 unspecified atom stereocenters. The molecule has 0 radical (unpaired) electrons. The fourth-order valence-electron chi connectivity index (χ4n) is 2.19. The van der Waals surface area contributed by atoms with E-state index in [1.165, 1.54) is 36.5 Å². The van der Waals surface area contributed by atoms with E-state index < -0.39 is 22.1 Å². The van der Waals surface area contributed by atoms with Crippen molar-refractivity contribution in [2.45, 2.75) is 17.9 Å². The summed E-state index contributed by atoms with van der Waals surface area (Å²) in [5.74, 6) is -0.642. The molecule has 9 heteroatoms. The number of ether oxygens (including phenoxy) is 3. The van der Waals surface area contributed by atoms with Crippen molar-refractivity contribution < 1.29 is 27.4 Å². The van der Waals surface area contributed by atoms with Gasteiger partial charge in [-0.15, -0.1) is 0 Å². The Balaban J connectivity index is 2.39. The van der Waals surface area contributed by atoms with Gasteiger partial charge in [-0.1, -0.05) is 0 Å². The summed E-state index contributed by atoms with van der Waals surface area (Å²) in [5, 5.41) is 8.71. The first-order valence-corrected chi connectivity index (χ1v) is 8.70. The number of methoxy groups -OCH3 is 1. The third kappa shape index (κ3) is 3.84. The summed E-state index contributed by atoms with van der Waals surface area (Å²) in [5.41, 5.74) is 0.0322. The third-order valence-corrected chi connectivity index (χ3v) is 5.37. The maximum absolute atomic E-state index is 12.8. The molecule has 0 N–H and O–H groups in total. The van der Waals surface area contributed by atoms with Crippen LogP contribution in [0.5, 0.6) is 5.75 Å². The zero-order valence-electron chi connectivity index (χ0n) is 13.4. The minimum atomic E-state index is -3.84. The molecule has 130 valence electrons. The van der Waals surface area contributed by atoms with Crippen LogP contribution >= 0.6 is 0 Å². The Bertz CT molecular complexity index is 750. The maximum Gasteiger partial charge on any atom is 0.339 e. The molecule has 0 aliphatic carbocycles. The van der Waals surface area contributed by atoms with Crippen LogP contribution in [0.1, 0.15) is 17.3 Å². The number of carbonyl (C=O) groups is 1. The Kier molecular flexibility index (Phi) is 5.77. The molecule has 2 rings (SSSR count). The van der Waals surface area contributed by atoms with Gasteiger partial charge in [-0.25, -0.2) is 13.2 Å². The average molecular weight is 354 g/mol. The number of esters is 1. The highest BCUT2D eigenvalue weighted by Crippen LogP contribution is 2.28. The van der Waals surface area contributed by atoms with E-state index in [-0.39, 0.29) is 29.3 Å². The van der Waals surface area contributed by atoms with Crippen molar-refractivity contribution >= 4 is 16.0 Å². The highest BCUT2D eigenvalue weighted by molar-refractivity contribution is 7.89. The molecule has 0 bridgehead atoms. The lowest BCUT2D eigenvalue weighted by molar-refractivity contribution is 0.0435. The van der Waals surface area contributed by atoms with Gasteiger partial charge < -0.3 is 14.2 Å². The van der Waals surface area contributed by atoms with E-state index in [2.05, 4.69) is 0 Å². The third-order valence-electron chi connectivity index (χ3n) is 3.45. The normalized spacial score (nSPS) is 16.9. The predicted octanol–water partition coefficient (Wildman–Crippen LogP) is 0.785. The zero-order chi connectivity index (χ0) is 17.7. The summed E-state index contributed by atoms with van der Waals surface area (Å²) in [4.78, 5) is 11.9. The lowest BCUT2D eigenvalue weighted by Crippen LogP contribution is -2.40. The summed E-state index contributed by atoms with van der Waals surface area (Å²) in [6, 6.07) is 5.76. The Morgan fingerprint density at radius 2 is 2.04 bits per heavy atom. The zero-order valence-corrected chi connectivity index (χ0v) is 14.2. The highest BCUT2D eigenvalue weighted by atomic mass is 32.2. The number of nitrogens with zero attached hydrogens (tertiary/aromatic N) is 2. The number of benzene rings is 1. The molecule has 24 heavy (non-hydrogen) atoms. The first-order valence-electron chi connectivity index (χ1n) is 7.26. The van der Waals surface area contributed by atoms with Gasteiger partial charge in [0.1, 0.15) is 16.7 Å². The number of hydrogen-bond donors (Lipinski definition) is 0. The van der Waals surface area contributed by atoms with Crippen molar-refractivity contribution in [3.05, 3.63) is 23.8 Å². The minimum absolute atomic E-state index is 0.0322. The average Bonchev–Trinajstić information content (AvgIpc) is 2.61. The number of carbonyl (C=O) groups excluding carboxylic acids is 1. The van der Waals surface area contributed by atoms with Crippen molar-refractivity contribution in [1.29, 1.82) is 5.26 Å². The molecule has 8 nitrogen and oxygen atoms in total. The SMILES string of the molecule is COc1ccc(C(=O)O[C@@H](C)C#N)cc1S(=O)(=O)N1CCOCC1. The standard InChI is InChI=1S/C15H18N2O6S/c1-11(10-16)23-15(18)12-3-4-13(21-2)14(9-12)24(19,20)17-5-7-22-8-6-17/h3-4,9,11H,5-8H2,1-2H3/t11-/m0/s1. The van der Waals surface area contributed by atoms with E-state index >= 15 is 0 Å².